The molecule has 3 heteroatoms. The summed E-state index contributed by atoms with van der Waals surface area (Å²) in [5.41, 5.74) is 5.98. The molecule has 0 aromatic rings. The molecule has 0 atom stereocenters. The number of likely N-dealkylation sites (tertiary alicyclic amines) is 1. The van der Waals surface area contributed by atoms with Gasteiger partial charge in [0, 0.05) is 31.6 Å². The molecule has 0 aliphatic carbocycles. The fourth-order valence-corrected chi connectivity index (χ4v) is 1.82. The van der Waals surface area contributed by atoms with Gasteiger partial charge < -0.3 is 15.4 Å². The van der Waals surface area contributed by atoms with Crippen molar-refractivity contribution >= 4 is 0 Å². The van der Waals surface area contributed by atoms with Crippen molar-refractivity contribution in [3.8, 4) is 0 Å². The van der Waals surface area contributed by atoms with E-state index in [1.807, 2.05) is 0 Å². The maximum atomic E-state index is 5.41. The zero-order chi connectivity index (χ0) is 7.03. The summed E-state index contributed by atoms with van der Waals surface area (Å²) in [6.45, 7) is 6.23. The van der Waals surface area contributed by atoms with E-state index in [1.165, 1.54) is 13.1 Å². The lowest BCUT2D eigenvalue weighted by Crippen LogP contribution is -2.66. The molecule has 0 amide bonds. The number of hydrogen-bond acceptors (Lipinski definition) is 3. The molecule has 2 N–H and O–H groups in total. The topological polar surface area (TPSA) is 38.5 Å². The lowest BCUT2D eigenvalue weighted by Gasteiger charge is -2.55. The van der Waals surface area contributed by atoms with Crippen LogP contribution in [0.3, 0.4) is 0 Å². The molecular formula is C7H14N2O. The number of rotatable bonds is 2. The lowest BCUT2D eigenvalue weighted by atomic mass is 9.78. The first kappa shape index (κ1) is 6.58. The van der Waals surface area contributed by atoms with Gasteiger partial charge in [-0.3, -0.25) is 0 Å². The van der Waals surface area contributed by atoms with E-state index in [-0.39, 0.29) is 0 Å². The molecule has 0 aromatic carbocycles. The Hall–Kier alpha value is -0.120. The third-order valence-electron chi connectivity index (χ3n) is 2.38. The highest BCUT2D eigenvalue weighted by Gasteiger charge is 2.48. The van der Waals surface area contributed by atoms with Gasteiger partial charge in [-0.1, -0.05) is 0 Å². The van der Waals surface area contributed by atoms with Gasteiger partial charge in [-0.25, -0.2) is 0 Å². The maximum Gasteiger partial charge on any atom is 0.0569 e. The molecule has 2 heterocycles. The summed E-state index contributed by atoms with van der Waals surface area (Å²) in [5.74, 6) is 0. The van der Waals surface area contributed by atoms with Crippen molar-refractivity contribution in [2.75, 3.05) is 39.4 Å². The standard InChI is InChI=1S/C7H14N2O/c8-1-2-9-3-7(4-9)5-10-6-7/h1-6,8H2. The van der Waals surface area contributed by atoms with Crippen molar-refractivity contribution in [2.24, 2.45) is 11.1 Å². The average molecular weight is 142 g/mol. The smallest absolute Gasteiger partial charge is 0.0569 e. The van der Waals surface area contributed by atoms with E-state index >= 15 is 0 Å². The van der Waals surface area contributed by atoms with Crippen LogP contribution in [0.4, 0.5) is 0 Å². The number of nitrogens with two attached hydrogens (primary N) is 1. The fourth-order valence-electron chi connectivity index (χ4n) is 1.82. The second-order valence-corrected chi connectivity index (χ2v) is 3.49. The second kappa shape index (κ2) is 2.19. The summed E-state index contributed by atoms with van der Waals surface area (Å²) >= 11 is 0. The maximum absolute atomic E-state index is 5.41. The van der Waals surface area contributed by atoms with Crippen molar-refractivity contribution < 1.29 is 4.74 Å². The SMILES string of the molecule is NCCN1CC2(COC2)C1. The molecule has 1 spiro atoms. The molecule has 3 nitrogen and oxygen atoms in total. The summed E-state index contributed by atoms with van der Waals surface area (Å²) in [6.07, 6.45) is 0. The molecule has 0 unspecified atom stereocenters. The molecule has 2 saturated heterocycles. The van der Waals surface area contributed by atoms with Crippen LogP contribution in [0.1, 0.15) is 0 Å². The first-order chi connectivity index (χ1) is 4.85. The molecule has 0 saturated carbocycles. The van der Waals surface area contributed by atoms with E-state index in [1.54, 1.807) is 0 Å². The quantitative estimate of drug-likeness (QED) is 0.553. The van der Waals surface area contributed by atoms with Gasteiger partial charge >= 0.3 is 0 Å². The predicted molar refractivity (Wildman–Crippen MR) is 38.7 cm³/mol. The van der Waals surface area contributed by atoms with E-state index in [0.29, 0.717) is 5.41 Å². The Morgan fingerprint density at radius 2 is 2.10 bits per heavy atom. The summed E-state index contributed by atoms with van der Waals surface area (Å²) in [5, 5.41) is 0. The Kier molecular flexibility index (Phi) is 1.44. The van der Waals surface area contributed by atoms with Crippen LogP contribution in [-0.2, 0) is 4.74 Å². The zero-order valence-electron chi connectivity index (χ0n) is 6.18. The van der Waals surface area contributed by atoms with Crippen molar-refractivity contribution in [2.45, 2.75) is 0 Å². The van der Waals surface area contributed by atoms with Crippen LogP contribution in [0.2, 0.25) is 0 Å². The molecule has 58 valence electrons. The van der Waals surface area contributed by atoms with Gasteiger partial charge in [0.1, 0.15) is 0 Å². The van der Waals surface area contributed by atoms with Gasteiger partial charge in [-0.15, -0.1) is 0 Å². The van der Waals surface area contributed by atoms with Crippen molar-refractivity contribution in [3.05, 3.63) is 0 Å². The van der Waals surface area contributed by atoms with Crippen LogP contribution in [0.25, 0.3) is 0 Å². The summed E-state index contributed by atoms with van der Waals surface area (Å²) in [7, 11) is 0. The Bertz CT molecular complexity index is 126. The van der Waals surface area contributed by atoms with E-state index in [0.717, 1.165) is 26.3 Å². The van der Waals surface area contributed by atoms with Crippen LogP contribution in [0.5, 0.6) is 0 Å². The van der Waals surface area contributed by atoms with Crippen LogP contribution >= 0.6 is 0 Å². The third kappa shape index (κ3) is 0.856. The molecule has 0 bridgehead atoms. The minimum Gasteiger partial charge on any atom is -0.380 e. The normalized spacial score (nSPS) is 29.7. The van der Waals surface area contributed by atoms with Crippen LogP contribution in [0, 0.1) is 5.41 Å². The zero-order valence-corrected chi connectivity index (χ0v) is 6.18. The van der Waals surface area contributed by atoms with E-state index in [4.69, 9.17) is 10.5 Å². The Morgan fingerprint density at radius 1 is 1.40 bits per heavy atom. The molecule has 2 aliphatic rings. The van der Waals surface area contributed by atoms with Crippen LogP contribution in [0.15, 0.2) is 0 Å². The highest BCUT2D eigenvalue weighted by Crippen LogP contribution is 2.36. The Balaban J connectivity index is 1.72. The van der Waals surface area contributed by atoms with Crippen LogP contribution < -0.4 is 5.73 Å². The molecule has 0 radical (unpaired) electrons. The summed E-state index contributed by atoms with van der Waals surface area (Å²) in [6, 6.07) is 0. The van der Waals surface area contributed by atoms with Gasteiger partial charge in [0.15, 0.2) is 0 Å². The lowest BCUT2D eigenvalue weighted by molar-refractivity contribution is -0.187. The molecule has 2 rings (SSSR count). The molecule has 0 aromatic heterocycles. The summed E-state index contributed by atoms with van der Waals surface area (Å²) < 4.78 is 5.15. The number of ether oxygens (including phenoxy) is 1. The fraction of sp³-hybridized carbons (Fsp3) is 1.00. The van der Waals surface area contributed by atoms with Crippen molar-refractivity contribution in [1.82, 2.24) is 4.90 Å². The molecule has 2 aliphatic heterocycles. The third-order valence-corrected chi connectivity index (χ3v) is 2.38. The van der Waals surface area contributed by atoms with Gasteiger partial charge in [0.2, 0.25) is 0 Å². The molecular weight excluding hydrogens is 128 g/mol. The first-order valence-electron chi connectivity index (χ1n) is 3.85. The average Bonchev–Trinajstić information content (AvgIpc) is 1.72. The Morgan fingerprint density at radius 3 is 2.50 bits per heavy atom. The van der Waals surface area contributed by atoms with Gasteiger partial charge in [-0.2, -0.15) is 0 Å². The molecule has 10 heavy (non-hydrogen) atoms. The second-order valence-electron chi connectivity index (χ2n) is 3.49. The van der Waals surface area contributed by atoms with Crippen molar-refractivity contribution in [1.29, 1.82) is 0 Å². The number of nitrogens with zero attached hydrogens (tertiary/aromatic N) is 1. The predicted octanol–water partition coefficient (Wildman–Crippen LogP) is -0.723. The van der Waals surface area contributed by atoms with Gasteiger partial charge in [0.05, 0.1) is 13.2 Å². The van der Waals surface area contributed by atoms with Crippen molar-refractivity contribution in [3.63, 3.8) is 0 Å². The largest absolute Gasteiger partial charge is 0.380 e. The summed E-state index contributed by atoms with van der Waals surface area (Å²) in [4.78, 5) is 2.39. The highest BCUT2D eigenvalue weighted by atomic mass is 16.5. The minimum absolute atomic E-state index is 0.565. The van der Waals surface area contributed by atoms with E-state index in [9.17, 15) is 0 Å². The number of hydrogen-bond donors (Lipinski definition) is 1. The minimum atomic E-state index is 0.565. The monoisotopic (exact) mass is 142 g/mol. The highest BCUT2D eigenvalue weighted by molar-refractivity contribution is 4.99. The van der Waals surface area contributed by atoms with Gasteiger partial charge in [-0.05, 0) is 0 Å². The van der Waals surface area contributed by atoms with Gasteiger partial charge in [0.25, 0.3) is 0 Å². The van der Waals surface area contributed by atoms with E-state index < -0.39 is 0 Å². The first-order valence-corrected chi connectivity index (χ1v) is 3.85. The van der Waals surface area contributed by atoms with Crippen LogP contribution in [-0.4, -0.2) is 44.3 Å². The Labute approximate surface area is 61.1 Å². The molecule has 2 fully saturated rings. The van der Waals surface area contributed by atoms with E-state index in [2.05, 4.69) is 4.90 Å².